The van der Waals surface area contributed by atoms with Crippen molar-refractivity contribution in [3.8, 4) is 0 Å². The minimum absolute atomic E-state index is 0.0265. The lowest BCUT2D eigenvalue weighted by Gasteiger charge is -2.61. The quantitative estimate of drug-likeness (QED) is 0.505. The third kappa shape index (κ3) is 2.88. The average Bonchev–Trinajstić information content (AvgIpc) is 3.17. The highest BCUT2D eigenvalue weighted by Gasteiger charge is 2.64. The van der Waals surface area contributed by atoms with E-state index in [0.717, 1.165) is 6.42 Å². The summed E-state index contributed by atoms with van der Waals surface area (Å²) in [5.41, 5.74) is -1.71. The van der Waals surface area contributed by atoms with E-state index in [9.17, 15) is 29.1 Å². The Morgan fingerprint density at radius 1 is 0.867 bits per heavy atom. The molecular weight excluding hydrogens is 396 g/mol. The third-order valence-electron chi connectivity index (χ3n) is 7.45. The molecule has 3 unspecified atom stereocenters. The molecule has 0 radical (unpaired) electrons. The lowest BCUT2D eigenvalue weighted by Crippen LogP contribution is -2.60. The van der Waals surface area contributed by atoms with Crippen LogP contribution in [0.2, 0.25) is 0 Å². The number of carbonyl (C=O) groups excluding carboxylic acids is 5. The van der Waals surface area contributed by atoms with E-state index in [4.69, 9.17) is 9.68 Å². The van der Waals surface area contributed by atoms with Crippen molar-refractivity contribution in [2.24, 2.45) is 22.7 Å². The Hall–Kier alpha value is -2.33. The van der Waals surface area contributed by atoms with Crippen LogP contribution in [-0.2, 0) is 33.6 Å². The van der Waals surface area contributed by atoms with E-state index in [-0.39, 0.29) is 43.9 Å². The normalized spacial score (nSPS) is 38.7. The number of hydroxylamine groups is 4. The SMILES string of the molecule is O=C1CCC(=O)N1OC(=O)C12CC3CC(C1)CC(C(O)ON1C(=O)CCC1=O)(C3)C2. The van der Waals surface area contributed by atoms with Crippen molar-refractivity contribution in [1.82, 2.24) is 10.1 Å². The standard InChI is InChI=1S/C20H24N2O8/c23-13-1-2-14(24)21(13)29-17(27)19-6-11-5-12(7-19)9-20(8-11,10-19)18(28)30-22-15(25)3-4-16(22)26/h11-12,17,27H,1-10H2. The molecule has 4 bridgehead atoms. The molecule has 3 atom stereocenters. The first-order chi connectivity index (χ1) is 14.2. The number of carbonyl (C=O) groups is 5. The van der Waals surface area contributed by atoms with Crippen molar-refractivity contribution in [1.29, 1.82) is 0 Å². The highest BCUT2D eigenvalue weighted by Crippen LogP contribution is 2.66. The lowest BCUT2D eigenvalue weighted by atomic mass is 9.44. The summed E-state index contributed by atoms with van der Waals surface area (Å²) in [6.07, 6.45) is 2.31. The molecular formula is C20H24N2O8. The molecule has 30 heavy (non-hydrogen) atoms. The summed E-state index contributed by atoms with van der Waals surface area (Å²) in [7, 11) is 0. The molecule has 10 heteroatoms. The molecule has 6 aliphatic rings. The van der Waals surface area contributed by atoms with E-state index in [1.807, 2.05) is 0 Å². The molecule has 2 heterocycles. The molecule has 1 N–H and O–H groups in total. The van der Waals surface area contributed by atoms with Gasteiger partial charge < -0.3 is 9.94 Å². The summed E-state index contributed by atoms with van der Waals surface area (Å²) in [6.45, 7) is 0. The molecule has 0 aromatic rings. The zero-order chi connectivity index (χ0) is 21.3. The molecule has 10 nitrogen and oxygen atoms in total. The number of nitrogens with zero attached hydrogens (tertiary/aromatic N) is 2. The van der Waals surface area contributed by atoms with Crippen molar-refractivity contribution >= 4 is 29.6 Å². The number of hydrogen-bond donors (Lipinski definition) is 1. The van der Waals surface area contributed by atoms with Gasteiger partial charge in [0.15, 0.2) is 6.29 Å². The van der Waals surface area contributed by atoms with Gasteiger partial charge in [0.1, 0.15) is 0 Å². The van der Waals surface area contributed by atoms with Gasteiger partial charge in [-0.05, 0) is 50.4 Å². The van der Waals surface area contributed by atoms with Gasteiger partial charge in [0.2, 0.25) is 0 Å². The van der Waals surface area contributed by atoms with Crippen molar-refractivity contribution in [2.75, 3.05) is 0 Å². The summed E-state index contributed by atoms with van der Waals surface area (Å²) in [5.74, 6) is -2.32. The maximum Gasteiger partial charge on any atom is 0.339 e. The van der Waals surface area contributed by atoms with Crippen molar-refractivity contribution in [3.63, 3.8) is 0 Å². The molecule has 2 aliphatic heterocycles. The monoisotopic (exact) mass is 420 g/mol. The van der Waals surface area contributed by atoms with E-state index in [1.54, 1.807) is 0 Å². The number of hydrogen-bond acceptors (Lipinski definition) is 8. The zero-order valence-corrected chi connectivity index (χ0v) is 16.5. The van der Waals surface area contributed by atoms with E-state index in [2.05, 4.69) is 0 Å². The van der Waals surface area contributed by atoms with Crippen LogP contribution in [0.15, 0.2) is 0 Å². The maximum atomic E-state index is 13.1. The summed E-state index contributed by atoms with van der Waals surface area (Å²) < 4.78 is 0. The predicted octanol–water partition coefficient (Wildman–Crippen LogP) is 0.579. The Labute approximate surface area is 172 Å². The Morgan fingerprint density at radius 3 is 1.90 bits per heavy atom. The van der Waals surface area contributed by atoms with Gasteiger partial charge >= 0.3 is 5.97 Å². The second kappa shape index (κ2) is 6.58. The number of imide groups is 2. The van der Waals surface area contributed by atoms with Crippen LogP contribution in [0.1, 0.15) is 64.2 Å². The van der Waals surface area contributed by atoms with Crippen LogP contribution in [0.4, 0.5) is 0 Å². The highest BCUT2D eigenvalue weighted by atomic mass is 16.8. The maximum absolute atomic E-state index is 13.1. The molecule has 162 valence electrons. The highest BCUT2D eigenvalue weighted by molar-refractivity contribution is 6.02. The lowest BCUT2D eigenvalue weighted by molar-refractivity contribution is -0.308. The van der Waals surface area contributed by atoms with Gasteiger partial charge in [-0.15, -0.1) is 5.06 Å². The molecule has 0 spiro atoms. The molecule has 6 rings (SSSR count). The Balaban J connectivity index is 1.37. The minimum Gasteiger partial charge on any atom is -0.366 e. The van der Waals surface area contributed by atoms with Gasteiger partial charge in [-0.2, -0.15) is 5.06 Å². The Kier molecular flexibility index (Phi) is 4.31. The number of amides is 4. The van der Waals surface area contributed by atoms with Crippen LogP contribution in [0.5, 0.6) is 0 Å². The van der Waals surface area contributed by atoms with Crippen LogP contribution in [0.3, 0.4) is 0 Å². The fourth-order valence-corrected chi connectivity index (χ4v) is 6.58. The first-order valence-corrected chi connectivity index (χ1v) is 10.5. The second-order valence-electron chi connectivity index (χ2n) is 9.60. The number of aliphatic hydroxyl groups is 1. The van der Waals surface area contributed by atoms with Crippen molar-refractivity contribution in [3.05, 3.63) is 0 Å². The van der Waals surface area contributed by atoms with Crippen LogP contribution in [0.25, 0.3) is 0 Å². The van der Waals surface area contributed by atoms with Crippen molar-refractivity contribution < 1.29 is 38.8 Å². The Bertz CT molecular complexity index is 808. The van der Waals surface area contributed by atoms with E-state index >= 15 is 0 Å². The van der Waals surface area contributed by atoms with Crippen LogP contribution >= 0.6 is 0 Å². The van der Waals surface area contributed by atoms with Crippen molar-refractivity contribution in [2.45, 2.75) is 70.5 Å². The van der Waals surface area contributed by atoms with Crippen LogP contribution in [-0.4, -0.2) is 51.1 Å². The van der Waals surface area contributed by atoms with Gasteiger partial charge in [0.05, 0.1) is 5.41 Å². The minimum atomic E-state index is -1.41. The summed E-state index contributed by atoms with van der Waals surface area (Å²) in [6, 6.07) is 0. The smallest absolute Gasteiger partial charge is 0.339 e. The molecule has 0 aromatic carbocycles. The number of rotatable bonds is 5. The van der Waals surface area contributed by atoms with Gasteiger partial charge in [0.25, 0.3) is 23.6 Å². The van der Waals surface area contributed by atoms with Crippen LogP contribution in [0, 0.1) is 22.7 Å². The van der Waals surface area contributed by atoms with E-state index in [0.29, 0.717) is 35.8 Å². The first kappa shape index (κ1) is 19.6. The molecule has 4 aliphatic carbocycles. The molecule has 4 amide bonds. The van der Waals surface area contributed by atoms with E-state index in [1.165, 1.54) is 0 Å². The third-order valence-corrected chi connectivity index (χ3v) is 7.45. The second-order valence-corrected chi connectivity index (χ2v) is 9.60. The summed E-state index contributed by atoms with van der Waals surface area (Å²) >= 11 is 0. The van der Waals surface area contributed by atoms with Gasteiger partial charge in [0, 0.05) is 31.1 Å². The first-order valence-electron chi connectivity index (χ1n) is 10.5. The molecule has 6 fully saturated rings. The molecule has 4 saturated carbocycles. The van der Waals surface area contributed by atoms with Gasteiger partial charge in [-0.3, -0.25) is 19.2 Å². The Morgan fingerprint density at radius 2 is 1.37 bits per heavy atom. The summed E-state index contributed by atoms with van der Waals surface area (Å²) in [5, 5.41) is 12.2. The zero-order valence-electron chi connectivity index (χ0n) is 16.5. The molecule has 0 aromatic heterocycles. The van der Waals surface area contributed by atoms with Gasteiger partial charge in [-0.1, -0.05) is 0 Å². The fourth-order valence-electron chi connectivity index (χ4n) is 6.58. The predicted molar refractivity (Wildman–Crippen MR) is 94.9 cm³/mol. The topological polar surface area (TPSA) is 131 Å². The fraction of sp³-hybridized carbons (Fsp3) is 0.750. The summed E-state index contributed by atoms with van der Waals surface area (Å²) in [4.78, 5) is 71.4. The molecule has 2 saturated heterocycles. The number of aliphatic hydroxyl groups excluding tert-OH is 1. The van der Waals surface area contributed by atoms with Gasteiger partial charge in [-0.25, -0.2) is 9.63 Å². The van der Waals surface area contributed by atoms with Crippen LogP contribution < -0.4 is 0 Å². The average molecular weight is 420 g/mol. The van der Waals surface area contributed by atoms with E-state index < -0.39 is 46.7 Å². The largest absolute Gasteiger partial charge is 0.366 e.